The van der Waals surface area contributed by atoms with Crippen LogP contribution >= 0.6 is 0 Å². The van der Waals surface area contributed by atoms with Crippen molar-refractivity contribution in [2.45, 2.75) is 70.0 Å². The van der Waals surface area contributed by atoms with Gasteiger partial charge in [0.15, 0.2) is 34.3 Å². The van der Waals surface area contributed by atoms with Crippen LogP contribution in [0.15, 0.2) is 16.9 Å². The zero-order valence-electron chi connectivity index (χ0n) is 20.6. The van der Waals surface area contributed by atoms with E-state index in [2.05, 4.69) is 0 Å². The van der Waals surface area contributed by atoms with Gasteiger partial charge >= 0.3 is 5.97 Å². The summed E-state index contributed by atoms with van der Waals surface area (Å²) in [5, 5.41) is 34.1. The molecule has 6 rings (SSSR count). The fourth-order valence-electron chi connectivity index (χ4n) is 6.12. The summed E-state index contributed by atoms with van der Waals surface area (Å²) >= 11 is 0. The Bertz CT molecular complexity index is 1470. The average Bonchev–Trinajstić information content (AvgIpc) is 3.26. The maximum Gasteiger partial charge on any atom is 0.373 e. The van der Waals surface area contributed by atoms with Crippen LogP contribution < -0.4 is 14.7 Å². The van der Waals surface area contributed by atoms with Gasteiger partial charge in [0, 0.05) is 36.8 Å². The number of hydrogen-bond acceptors (Lipinski definition) is 10. The Morgan fingerprint density at radius 2 is 1.89 bits per heavy atom. The lowest BCUT2D eigenvalue weighted by atomic mass is 9.82. The Labute approximate surface area is 210 Å². The molecule has 0 radical (unpaired) electrons. The third-order valence-corrected chi connectivity index (χ3v) is 7.86. The third-order valence-electron chi connectivity index (χ3n) is 7.86. The summed E-state index contributed by atoms with van der Waals surface area (Å²) in [6.07, 6.45) is -5.06. The van der Waals surface area contributed by atoms with E-state index < -0.39 is 64.8 Å². The summed E-state index contributed by atoms with van der Waals surface area (Å²) < 4.78 is 24.0. The molecule has 37 heavy (non-hydrogen) atoms. The van der Waals surface area contributed by atoms with Gasteiger partial charge in [0.25, 0.3) is 0 Å². The highest BCUT2D eigenvalue weighted by atomic mass is 16.7. The van der Waals surface area contributed by atoms with Gasteiger partial charge in [-0.3, -0.25) is 9.59 Å². The number of methoxy groups -OCH3 is 1. The fourth-order valence-corrected chi connectivity index (χ4v) is 6.12. The molecule has 1 fully saturated rings. The van der Waals surface area contributed by atoms with Crippen molar-refractivity contribution in [3.63, 3.8) is 0 Å². The van der Waals surface area contributed by atoms with Gasteiger partial charge in [-0.25, -0.2) is 4.79 Å². The predicted octanol–water partition coefficient (Wildman–Crippen LogP) is 0.268. The van der Waals surface area contributed by atoms with Gasteiger partial charge in [-0.2, -0.15) is 4.57 Å². The van der Waals surface area contributed by atoms with Crippen LogP contribution in [-0.2, 0) is 31.2 Å². The smallest absolute Gasteiger partial charge is 0.373 e. The number of esters is 1. The first kappa shape index (κ1) is 24.0. The van der Waals surface area contributed by atoms with Crippen LogP contribution in [0.2, 0.25) is 0 Å². The van der Waals surface area contributed by atoms with Crippen molar-refractivity contribution >= 4 is 11.8 Å². The van der Waals surface area contributed by atoms with Gasteiger partial charge in [-0.05, 0) is 19.4 Å². The summed E-state index contributed by atoms with van der Waals surface area (Å²) in [6.45, 7) is 5.15. The minimum atomic E-state index is -2.35. The van der Waals surface area contributed by atoms with Crippen molar-refractivity contribution in [2.24, 2.45) is 0 Å². The van der Waals surface area contributed by atoms with E-state index in [1.807, 2.05) is 6.92 Å². The van der Waals surface area contributed by atoms with Gasteiger partial charge in [0.05, 0.1) is 11.7 Å². The molecule has 0 spiro atoms. The molecule has 11 nitrogen and oxygen atoms in total. The lowest BCUT2D eigenvalue weighted by Gasteiger charge is -2.44. The molecule has 3 aliphatic heterocycles. The Morgan fingerprint density at radius 3 is 2.57 bits per heavy atom. The number of aryl methyl sites for hydroxylation is 1. The molecule has 0 unspecified atom stereocenters. The molecule has 3 N–H and O–H groups in total. The number of carbonyl (C=O) groups excluding carboxylic acids is 2. The van der Waals surface area contributed by atoms with Gasteiger partial charge in [-0.1, -0.05) is 6.92 Å². The Hall–Kier alpha value is -3.38. The van der Waals surface area contributed by atoms with Crippen LogP contribution in [-0.4, -0.2) is 58.8 Å². The Kier molecular flexibility index (Phi) is 5.06. The minimum absolute atomic E-state index is 0.0599. The second-order valence-corrected chi connectivity index (χ2v) is 9.87. The van der Waals surface area contributed by atoms with E-state index in [-0.39, 0.29) is 29.0 Å². The second-order valence-electron chi connectivity index (χ2n) is 9.87. The lowest BCUT2D eigenvalue weighted by Crippen LogP contribution is -2.63. The van der Waals surface area contributed by atoms with Crippen LogP contribution in [0.1, 0.15) is 59.2 Å². The average molecular weight is 512 g/mol. The molecule has 11 heteroatoms. The van der Waals surface area contributed by atoms with Crippen molar-refractivity contribution in [3.05, 3.63) is 50.4 Å². The highest BCUT2D eigenvalue weighted by Crippen LogP contribution is 2.54. The number of rotatable bonds is 2. The number of cyclic esters (lactones) is 1. The minimum Gasteiger partial charge on any atom is -0.504 e. The highest BCUT2D eigenvalue weighted by molar-refractivity contribution is 6.23. The standard InChI is InChI=1S/C26H25NO10/c1-5-14-19-17-11(6-9(2)27(19)8-15(29)36-14)16-12(20(17)30)7-13(28)18-23(21(16)31)37-25-26(18,33)24(32)22(34-4)10(3)35-25/h6-7,10,14,22,24-25,32-33H,5,8H2,1-4H3/p+1/t10-,14-,22-,24-,25+,26-/m1/s1. The van der Waals surface area contributed by atoms with E-state index in [4.69, 9.17) is 18.9 Å². The molecule has 0 amide bonds. The van der Waals surface area contributed by atoms with E-state index in [1.165, 1.54) is 7.11 Å². The van der Waals surface area contributed by atoms with Crippen LogP contribution in [0.3, 0.4) is 0 Å². The molecule has 1 aromatic heterocycles. The molecule has 4 heterocycles. The number of aromatic hydroxyl groups is 1. The number of carbonyl (C=O) groups is 2. The van der Waals surface area contributed by atoms with Gasteiger partial charge in [0.1, 0.15) is 17.8 Å². The third kappa shape index (κ3) is 2.90. The monoisotopic (exact) mass is 512 g/mol. The first-order valence-electron chi connectivity index (χ1n) is 12.1. The Morgan fingerprint density at radius 1 is 1.16 bits per heavy atom. The molecule has 1 saturated heterocycles. The number of ketones is 1. The SMILES string of the molecule is CC[C@H]1OC(=O)C[n+]2c(C)cc3c(c21)C(=O)c1cc(=O)c2c(c(O)c1-3)O[C@@H]1O[C@H](C)[C@@H](OC)[C@@H](O)[C@]21O. The largest absolute Gasteiger partial charge is 0.504 e. The summed E-state index contributed by atoms with van der Waals surface area (Å²) in [5.41, 5.74) is -1.88. The summed E-state index contributed by atoms with van der Waals surface area (Å²) in [7, 11) is 1.33. The van der Waals surface area contributed by atoms with Crippen LogP contribution in [0.5, 0.6) is 11.5 Å². The van der Waals surface area contributed by atoms with Gasteiger partial charge in [0.2, 0.25) is 24.3 Å². The first-order chi connectivity index (χ1) is 17.5. The topological polar surface area (TPSA) is 153 Å². The molecule has 1 aliphatic carbocycles. The van der Waals surface area contributed by atoms with E-state index in [9.17, 15) is 29.7 Å². The zero-order chi connectivity index (χ0) is 26.5. The zero-order valence-corrected chi connectivity index (χ0v) is 20.6. The fraction of sp³-hybridized carbons (Fsp3) is 0.462. The number of nitrogens with zero attached hydrogens (tertiary/aromatic N) is 1. The highest BCUT2D eigenvalue weighted by Gasteiger charge is 2.63. The van der Waals surface area contributed by atoms with E-state index in [1.54, 1.807) is 24.5 Å². The first-order valence-corrected chi connectivity index (χ1v) is 12.1. The number of aromatic nitrogens is 1. The van der Waals surface area contributed by atoms with Crippen molar-refractivity contribution in [2.75, 3.05) is 7.11 Å². The molecule has 194 valence electrons. The number of ether oxygens (including phenoxy) is 4. The Balaban J connectivity index is 1.63. The molecular weight excluding hydrogens is 486 g/mol. The maximum absolute atomic E-state index is 13.8. The van der Waals surface area contributed by atoms with Crippen molar-refractivity contribution in [1.82, 2.24) is 0 Å². The predicted molar refractivity (Wildman–Crippen MR) is 123 cm³/mol. The number of aliphatic hydroxyl groups is 2. The summed E-state index contributed by atoms with van der Waals surface area (Å²) in [4.78, 5) is 39.5. The summed E-state index contributed by atoms with van der Waals surface area (Å²) in [5.74, 6) is -1.86. The molecule has 0 saturated carbocycles. The van der Waals surface area contributed by atoms with Crippen LogP contribution in [0, 0.1) is 6.92 Å². The van der Waals surface area contributed by atoms with Crippen molar-refractivity contribution in [1.29, 1.82) is 0 Å². The lowest BCUT2D eigenvalue weighted by molar-refractivity contribution is -0.709. The van der Waals surface area contributed by atoms with Crippen molar-refractivity contribution in [3.8, 4) is 22.6 Å². The van der Waals surface area contributed by atoms with Crippen LogP contribution in [0.4, 0.5) is 0 Å². The second kappa shape index (κ2) is 7.81. The van der Waals surface area contributed by atoms with E-state index >= 15 is 0 Å². The number of fused-ring (bicyclic) bond motifs is 8. The molecule has 1 aromatic carbocycles. The van der Waals surface area contributed by atoms with E-state index in [0.29, 0.717) is 23.4 Å². The van der Waals surface area contributed by atoms with E-state index in [0.717, 1.165) is 6.07 Å². The van der Waals surface area contributed by atoms with Crippen LogP contribution in [0.25, 0.3) is 11.1 Å². The van der Waals surface area contributed by atoms with Gasteiger partial charge in [-0.15, -0.1) is 0 Å². The van der Waals surface area contributed by atoms with Crippen molar-refractivity contribution < 1.29 is 48.4 Å². The normalized spacial score (nSPS) is 31.0. The molecular formula is C26H26NO10+. The molecule has 6 atom stereocenters. The number of pyridine rings is 1. The quantitative estimate of drug-likeness (QED) is 0.322. The number of aliphatic hydroxyl groups excluding tert-OH is 1. The van der Waals surface area contributed by atoms with Gasteiger partial charge < -0.3 is 34.3 Å². The molecule has 0 bridgehead atoms. The number of hydrogen-bond donors (Lipinski definition) is 3. The molecule has 2 aromatic rings. The molecule has 4 aliphatic rings. The maximum atomic E-state index is 13.8. The summed E-state index contributed by atoms with van der Waals surface area (Å²) in [6, 6.07) is 2.70.